The molecule has 29 heavy (non-hydrogen) atoms. The Morgan fingerprint density at radius 1 is 1.34 bits per heavy atom. The lowest BCUT2D eigenvalue weighted by atomic mass is 10.0. The third-order valence-electron chi connectivity index (χ3n) is 5.04. The number of anilines is 1. The van der Waals surface area contributed by atoms with E-state index in [1.807, 2.05) is 23.7 Å². The van der Waals surface area contributed by atoms with Crippen LogP contribution < -0.4 is 4.31 Å². The fourth-order valence-electron chi connectivity index (χ4n) is 3.62. The molecule has 0 aliphatic carbocycles. The molecule has 9 heteroatoms. The average molecular weight is 436 g/mol. The van der Waals surface area contributed by atoms with Crippen molar-refractivity contribution in [1.82, 2.24) is 9.88 Å². The molecule has 2 aromatic carbocycles. The van der Waals surface area contributed by atoms with Crippen molar-refractivity contribution < 1.29 is 18.7 Å². The molecule has 0 radical (unpaired) electrons. The number of phenols is 1. The number of rotatable bonds is 4. The van der Waals surface area contributed by atoms with Gasteiger partial charge in [-0.1, -0.05) is 23.5 Å². The number of phenolic OH excluding ortho intramolecular Hbond substituents is 1. The van der Waals surface area contributed by atoms with Crippen LogP contribution >= 0.6 is 23.5 Å². The minimum Gasteiger partial charge on any atom is -0.505 e. The van der Waals surface area contributed by atoms with Gasteiger partial charge in [0, 0.05) is 42.6 Å². The van der Waals surface area contributed by atoms with Crippen LogP contribution in [0.4, 0.5) is 14.5 Å². The molecule has 0 atom stereocenters. The fraction of sp³-hybridized carbons (Fsp3) is 0.200. The third-order valence-corrected chi connectivity index (χ3v) is 6.06. The number of amides is 1. The minimum absolute atomic E-state index is 0.0954. The molecule has 1 N–H and O–H groups in total. The van der Waals surface area contributed by atoms with Crippen LogP contribution in [0, 0.1) is 11.6 Å². The van der Waals surface area contributed by atoms with E-state index in [4.69, 9.17) is 11.6 Å². The Balaban J connectivity index is 1.86. The van der Waals surface area contributed by atoms with Crippen LogP contribution in [0.5, 0.6) is 5.75 Å². The van der Waals surface area contributed by atoms with E-state index in [0.29, 0.717) is 16.5 Å². The standard InChI is InChI=1S/C20H16ClF2N3O2S/c1-25(29-2)18-10-4-3-7-24-17(10)19(27)15-12(18)9-26(20(15)28)8-11-14(22)6-5-13(21)16(11)23/h3-7,27H,8-9H2,1-2H3. The van der Waals surface area contributed by atoms with E-state index in [1.165, 1.54) is 23.0 Å². The molecule has 1 aliphatic rings. The predicted molar refractivity (Wildman–Crippen MR) is 110 cm³/mol. The summed E-state index contributed by atoms with van der Waals surface area (Å²) in [7, 11) is 1.84. The highest BCUT2D eigenvalue weighted by Gasteiger charge is 2.36. The van der Waals surface area contributed by atoms with E-state index >= 15 is 0 Å². The zero-order valence-corrected chi connectivity index (χ0v) is 17.1. The number of carbonyl (C=O) groups excluding carboxylic acids is 1. The Labute approximate surface area is 175 Å². The van der Waals surface area contributed by atoms with Crippen LogP contribution in [0.25, 0.3) is 10.9 Å². The quantitative estimate of drug-likeness (QED) is 0.473. The molecule has 0 fully saturated rings. The molecular formula is C20H16ClF2N3O2S. The zero-order chi connectivity index (χ0) is 20.9. The highest BCUT2D eigenvalue weighted by atomic mass is 35.5. The lowest BCUT2D eigenvalue weighted by Gasteiger charge is -2.22. The van der Waals surface area contributed by atoms with Crippen molar-refractivity contribution in [1.29, 1.82) is 0 Å². The number of aromatic nitrogens is 1. The summed E-state index contributed by atoms with van der Waals surface area (Å²) in [6.07, 6.45) is 3.41. The van der Waals surface area contributed by atoms with Gasteiger partial charge in [-0.3, -0.25) is 9.78 Å². The molecule has 0 unspecified atom stereocenters. The normalized spacial score (nSPS) is 13.3. The van der Waals surface area contributed by atoms with E-state index in [9.17, 15) is 18.7 Å². The van der Waals surface area contributed by atoms with Gasteiger partial charge in [-0.05, 0) is 24.3 Å². The molecule has 1 aromatic heterocycles. The van der Waals surface area contributed by atoms with E-state index in [0.717, 1.165) is 17.8 Å². The van der Waals surface area contributed by atoms with Crippen molar-refractivity contribution in [3.05, 3.63) is 63.8 Å². The summed E-state index contributed by atoms with van der Waals surface area (Å²) in [5.41, 5.74) is 1.44. The first-order chi connectivity index (χ1) is 13.8. The maximum atomic E-state index is 14.4. The SMILES string of the molecule is CSN(C)c1c2c(c(O)c3ncccc13)C(=O)N(Cc1c(F)ccc(Cl)c1F)C2. The number of hydrogen-bond donors (Lipinski definition) is 1. The highest BCUT2D eigenvalue weighted by molar-refractivity contribution is 7.99. The average Bonchev–Trinajstić information content (AvgIpc) is 3.04. The van der Waals surface area contributed by atoms with Crippen molar-refractivity contribution in [2.75, 3.05) is 17.6 Å². The molecule has 0 spiro atoms. The Kier molecular flexibility index (Phi) is 5.00. The summed E-state index contributed by atoms with van der Waals surface area (Å²) >= 11 is 7.21. The van der Waals surface area contributed by atoms with Gasteiger partial charge in [-0.15, -0.1) is 0 Å². The van der Waals surface area contributed by atoms with Crippen LogP contribution in [0.15, 0.2) is 30.5 Å². The number of nitrogens with zero attached hydrogens (tertiary/aromatic N) is 3. The maximum Gasteiger partial charge on any atom is 0.258 e. The van der Waals surface area contributed by atoms with E-state index in [-0.39, 0.29) is 35.0 Å². The largest absolute Gasteiger partial charge is 0.505 e. The number of hydrogen-bond acceptors (Lipinski definition) is 5. The van der Waals surface area contributed by atoms with Crippen LogP contribution in [-0.4, -0.2) is 34.2 Å². The van der Waals surface area contributed by atoms with Gasteiger partial charge in [0.1, 0.15) is 17.2 Å². The molecule has 0 bridgehead atoms. The molecule has 1 aliphatic heterocycles. The van der Waals surface area contributed by atoms with Crippen molar-refractivity contribution in [3.8, 4) is 5.75 Å². The van der Waals surface area contributed by atoms with Gasteiger partial charge >= 0.3 is 0 Å². The molecule has 0 saturated carbocycles. The first-order valence-corrected chi connectivity index (χ1v) is 10.2. The summed E-state index contributed by atoms with van der Waals surface area (Å²) in [6, 6.07) is 5.76. The molecule has 3 aromatic rings. The van der Waals surface area contributed by atoms with Crippen molar-refractivity contribution >= 4 is 46.0 Å². The first kappa shape index (κ1) is 19.7. The van der Waals surface area contributed by atoms with Crippen LogP contribution in [-0.2, 0) is 13.1 Å². The maximum absolute atomic E-state index is 14.4. The fourth-order valence-corrected chi connectivity index (χ4v) is 4.18. The second-order valence-electron chi connectivity index (χ2n) is 6.61. The second-order valence-corrected chi connectivity index (χ2v) is 7.93. The molecule has 2 heterocycles. The summed E-state index contributed by atoms with van der Waals surface area (Å²) in [5.74, 6) is -2.42. The number of carbonyl (C=O) groups is 1. The summed E-state index contributed by atoms with van der Waals surface area (Å²) < 4.78 is 30.4. The molecule has 5 nitrogen and oxygen atoms in total. The zero-order valence-electron chi connectivity index (χ0n) is 15.5. The summed E-state index contributed by atoms with van der Waals surface area (Å²) in [6.45, 7) is -0.213. The van der Waals surface area contributed by atoms with Crippen molar-refractivity contribution in [3.63, 3.8) is 0 Å². The number of aromatic hydroxyl groups is 1. The smallest absolute Gasteiger partial charge is 0.258 e. The Morgan fingerprint density at radius 3 is 2.83 bits per heavy atom. The lowest BCUT2D eigenvalue weighted by molar-refractivity contribution is 0.0761. The Morgan fingerprint density at radius 2 is 2.10 bits per heavy atom. The van der Waals surface area contributed by atoms with E-state index < -0.39 is 17.5 Å². The number of pyridine rings is 1. The Bertz CT molecular complexity index is 1160. The number of halogens is 3. The van der Waals surface area contributed by atoms with Crippen LogP contribution in [0.3, 0.4) is 0 Å². The molecular weight excluding hydrogens is 420 g/mol. The topological polar surface area (TPSA) is 56.7 Å². The Hall–Kier alpha value is -2.58. The molecule has 1 amide bonds. The lowest BCUT2D eigenvalue weighted by Crippen LogP contribution is -2.24. The van der Waals surface area contributed by atoms with Gasteiger partial charge in [0.2, 0.25) is 0 Å². The molecule has 0 saturated heterocycles. The summed E-state index contributed by atoms with van der Waals surface area (Å²) in [5, 5.41) is 11.2. The van der Waals surface area contributed by atoms with E-state index in [2.05, 4.69) is 4.98 Å². The number of benzene rings is 2. The number of fused-ring (bicyclic) bond motifs is 2. The second kappa shape index (κ2) is 7.35. The third kappa shape index (κ3) is 3.07. The van der Waals surface area contributed by atoms with Gasteiger partial charge in [0.15, 0.2) is 5.75 Å². The van der Waals surface area contributed by atoms with E-state index in [1.54, 1.807) is 6.07 Å². The van der Waals surface area contributed by atoms with Crippen molar-refractivity contribution in [2.24, 2.45) is 0 Å². The van der Waals surface area contributed by atoms with Crippen LogP contribution in [0.2, 0.25) is 5.02 Å². The monoisotopic (exact) mass is 435 g/mol. The van der Waals surface area contributed by atoms with Gasteiger partial charge in [-0.2, -0.15) is 0 Å². The molecule has 150 valence electrons. The van der Waals surface area contributed by atoms with Gasteiger partial charge in [0.25, 0.3) is 5.91 Å². The predicted octanol–water partition coefficient (Wildman–Crippen LogP) is 4.74. The van der Waals surface area contributed by atoms with Gasteiger partial charge < -0.3 is 14.3 Å². The van der Waals surface area contributed by atoms with Crippen molar-refractivity contribution in [2.45, 2.75) is 13.1 Å². The van der Waals surface area contributed by atoms with Crippen LogP contribution in [0.1, 0.15) is 21.5 Å². The summed E-state index contributed by atoms with van der Waals surface area (Å²) in [4.78, 5) is 18.6. The minimum atomic E-state index is -0.895. The molecule has 4 rings (SSSR count). The highest BCUT2D eigenvalue weighted by Crippen LogP contribution is 2.45. The first-order valence-electron chi connectivity index (χ1n) is 8.67. The van der Waals surface area contributed by atoms with Gasteiger partial charge in [0.05, 0.1) is 22.8 Å². The van der Waals surface area contributed by atoms with Gasteiger partial charge in [-0.25, -0.2) is 8.78 Å².